The molecule has 102 valence electrons. The van der Waals surface area contributed by atoms with Gasteiger partial charge >= 0.3 is 0 Å². The summed E-state index contributed by atoms with van der Waals surface area (Å²) in [7, 11) is 0. The molecule has 0 aliphatic carbocycles. The second-order valence-electron chi connectivity index (χ2n) is 4.47. The number of fused-ring (bicyclic) bond motifs is 1. The summed E-state index contributed by atoms with van der Waals surface area (Å²) in [5.74, 6) is -1.56. The molecule has 1 heterocycles. The first kappa shape index (κ1) is 13.2. The van der Waals surface area contributed by atoms with Crippen LogP contribution in [-0.4, -0.2) is 4.57 Å². The Balaban J connectivity index is 2.08. The highest BCUT2D eigenvalue weighted by Crippen LogP contribution is 2.24. The van der Waals surface area contributed by atoms with Crippen molar-refractivity contribution in [2.45, 2.75) is 6.54 Å². The van der Waals surface area contributed by atoms with Crippen molar-refractivity contribution in [3.8, 4) is 0 Å². The van der Waals surface area contributed by atoms with E-state index in [1.54, 1.807) is 22.9 Å². The van der Waals surface area contributed by atoms with Crippen molar-refractivity contribution in [1.29, 1.82) is 0 Å². The van der Waals surface area contributed by atoms with Gasteiger partial charge in [-0.25, -0.2) is 13.2 Å². The highest BCUT2D eigenvalue weighted by atomic mass is 79.9. The molecule has 0 atom stereocenters. The Bertz CT molecular complexity index is 795. The number of aromatic nitrogens is 1. The molecule has 0 spiro atoms. The lowest BCUT2D eigenvalue weighted by Crippen LogP contribution is -2.04. The summed E-state index contributed by atoms with van der Waals surface area (Å²) >= 11 is 3.04. The molecule has 0 bridgehead atoms. The van der Waals surface area contributed by atoms with Gasteiger partial charge in [0.1, 0.15) is 17.5 Å². The third kappa shape index (κ3) is 2.22. The second kappa shape index (κ2) is 4.98. The summed E-state index contributed by atoms with van der Waals surface area (Å²) in [4.78, 5) is 0. The van der Waals surface area contributed by atoms with Gasteiger partial charge in [-0.3, -0.25) is 0 Å². The molecule has 0 N–H and O–H groups in total. The third-order valence-electron chi connectivity index (χ3n) is 3.20. The molecule has 1 nitrogen and oxygen atoms in total. The van der Waals surface area contributed by atoms with Crippen molar-refractivity contribution in [2.75, 3.05) is 0 Å². The first-order chi connectivity index (χ1) is 9.56. The Kier molecular flexibility index (Phi) is 3.30. The molecule has 0 fully saturated rings. The lowest BCUT2D eigenvalue weighted by molar-refractivity contribution is 0.543. The first-order valence-electron chi connectivity index (χ1n) is 5.93. The van der Waals surface area contributed by atoms with E-state index in [1.165, 1.54) is 24.3 Å². The number of hydrogen-bond acceptors (Lipinski definition) is 0. The number of halogens is 4. The van der Waals surface area contributed by atoms with Crippen LogP contribution in [0.5, 0.6) is 0 Å². The van der Waals surface area contributed by atoms with E-state index in [-0.39, 0.29) is 22.4 Å². The van der Waals surface area contributed by atoms with Gasteiger partial charge in [-0.1, -0.05) is 0 Å². The minimum Gasteiger partial charge on any atom is -0.343 e. The fourth-order valence-corrected chi connectivity index (χ4v) is 2.56. The molecule has 3 rings (SSSR count). The van der Waals surface area contributed by atoms with Gasteiger partial charge in [0.2, 0.25) is 0 Å². The summed E-state index contributed by atoms with van der Waals surface area (Å²) in [5, 5.41) is 0.695. The monoisotopic (exact) mass is 339 g/mol. The SMILES string of the molecule is Fc1ccc2c(ccn2Cc2c(F)ccc(Br)c2F)c1. The molecule has 5 heteroatoms. The van der Waals surface area contributed by atoms with Crippen molar-refractivity contribution >= 4 is 26.8 Å². The molecule has 0 unspecified atom stereocenters. The van der Waals surface area contributed by atoms with E-state index in [4.69, 9.17) is 0 Å². The van der Waals surface area contributed by atoms with Crippen LogP contribution in [0.15, 0.2) is 47.1 Å². The maximum absolute atomic E-state index is 14.0. The average molecular weight is 340 g/mol. The Hall–Kier alpha value is -1.75. The Morgan fingerprint density at radius 3 is 2.60 bits per heavy atom. The minimum absolute atomic E-state index is 0.0267. The maximum Gasteiger partial charge on any atom is 0.145 e. The molecule has 0 saturated heterocycles. The zero-order valence-corrected chi connectivity index (χ0v) is 11.8. The Morgan fingerprint density at radius 2 is 1.80 bits per heavy atom. The minimum atomic E-state index is -0.617. The zero-order chi connectivity index (χ0) is 14.3. The van der Waals surface area contributed by atoms with Crippen molar-refractivity contribution in [3.63, 3.8) is 0 Å². The number of hydrogen-bond donors (Lipinski definition) is 0. The van der Waals surface area contributed by atoms with Crippen LogP contribution in [0.3, 0.4) is 0 Å². The van der Waals surface area contributed by atoms with Crippen molar-refractivity contribution in [2.24, 2.45) is 0 Å². The third-order valence-corrected chi connectivity index (χ3v) is 3.81. The largest absolute Gasteiger partial charge is 0.343 e. The summed E-state index contributed by atoms with van der Waals surface area (Å²) in [6.45, 7) is 0.0479. The number of nitrogens with zero attached hydrogens (tertiary/aromatic N) is 1. The Morgan fingerprint density at radius 1 is 1.00 bits per heavy atom. The molecule has 1 aromatic heterocycles. The van der Waals surface area contributed by atoms with Crippen LogP contribution in [0.4, 0.5) is 13.2 Å². The summed E-state index contributed by atoms with van der Waals surface area (Å²) in [5.41, 5.74) is 0.700. The van der Waals surface area contributed by atoms with Crippen LogP contribution in [0.2, 0.25) is 0 Å². The van der Waals surface area contributed by atoms with Gasteiger partial charge < -0.3 is 4.57 Å². The van der Waals surface area contributed by atoms with Gasteiger partial charge in [-0.2, -0.15) is 0 Å². The molecule has 0 radical (unpaired) electrons. The molecular weight excluding hydrogens is 331 g/mol. The molecule has 0 aliphatic heterocycles. The second-order valence-corrected chi connectivity index (χ2v) is 5.32. The molecule has 3 aromatic rings. The predicted octanol–water partition coefficient (Wildman–Crippen LogP) is 4.87. The van der Waals surface area contributed by atoms with Crippen LogP contribution >= 0.6 is 15.9 Å². The maximum atomic E-state index is 14.0. The van der Waals surface area contributed by atoms with Gasteiger partial charge in [0.05, 0.1) is 11.0 Å². The normalized spacial score (nSPS) is 11.2. The van der Waals surface area contributed by atoms with E-state index in [1.807, 2.05) is 0 Å². The van der Waals surface area contributed by atoms with Crippen molar-refractivity contribution in [1.82, 2.24) is 4.57 Å². The lowest BCUT2D eigenvalue weighted by atomic mass is 10.2. The average Bonchev–Trinajstić information content (AvgIpc) is 2.81. The van der Waals surface area contributed by atoms with E-state index in [9.17, 15) is 13.2 Å². The predicted molar refractivity (Wildman–Crippen MR) is 75.1 cm³/mol. The number of rotatable bonds is 2. The first-order valence-corrected chi connectivity index (χ1v) is 6.72. The van der Waals surface area contributed by atoms with Crippen LogP contribution in [0, 0.1) is 17.5 Å². The fourth-order valence-electron chi connectivity index (χ4n) is 2.19. The van der Waals surface area contributed by atoms with Gasteiger partial charge in [0.15, 0.2) is 0 Å². The quantitative estimate of drug-likeness (QED) is 0.587. The topological polar surface area (TPSA) is 4.93 Å². The molecule has 20 heavy (non-hydrogen) atoms. The zero-order valence-electron chi connectivity index (χ0n) is 10.2. The molecule has 0 aliphatic rings. The van der Waals surface area contributed by atoms with Crippen LogP contribution in [0.1, 0.15) is 5.56 Å². The summed E-state index contributed by atoms with van der Waals surface area (Å²) < 4.78 is 42.7. The van der Waals surface area contributed by atoms with E-state index < -0.39 is 11.6 Å². The fraction of sp³-hybridized carbons (Fsp3) is 0.0667. The van der Waals surface area contributed by atoms with Crippen molar-refractivity contribution < 1.29 is 13.2 Å². The highest BCUT2D eigenvalue weighted by molar-refractivity contribution is 9.10. The molecule has 0 saturated carbocycles. The smallest absolute Gasteiger partial charge is 0.145 e. The van der Waals surface area contributed by atoms with E-state index in [0.29, 0.717) is 5.39 Å². The van der Waals surface area contributed by atoms with E-state index >= 15 is 0 Å². The molecule has 0 amide bonds. The standard InChI is InChI=1S/C15H9BrF3N/c16-12-2-3-13(18)11(15(12)19)8-20-6-5-9-7-10(17)1-4-14(9)20/h1-7H,8H2. The summed E-state index contributed by atoms with van der Waals surface area (Å²) in [6.07, 6.45) is 1.68. The highest BCUT2D eigenvalue weighted by Gasteiger charge is 2.13. The van der Waals surface area contributed by atoms with E-state index in [2.05, 4.69) is 15.9 Å². The lowest BCUT2D eigenvalue weighted by Gasteiger charge is -2.09. The van der Waals surface area contributed by atoms with Gasteiger partial charge in [0, 0.05) is 22.7 Å². The molecular formula is C15H9BrF3N. The van der Waals surface area contributed by atoms with Crippen LogP contribution in [-0.2, 0) is 6.54 Å². The Labute approximate surface area is 121 Å². The van der Waals surface area contributed by atoms with Gasteiger partial charge in [-0.05, 0) is 52.3 Å². The van der Waals surface area contributed by atoms with Gasteiger partial charge in [-0.15, -0.1) is 0 Å². The van der Waals surface area contributed by atoms with E-state index in [0.717, 1.165) is 5.52 Å². The summed E-state index contributed by atoms with van der Waals surface area (Å²) in [6, 6.07) is 8.57. The molecule has 2 aromatic carbocycles. The number of benzene rings is 2. The van der Waals surface area contributed by atoms with Gasteiger partial charge in [0.25, 0.3) is 0 Å². The van der Waals surface area contributed by atoms with Crippen molar-refractivity contribution in [3.05, 3.63) is 70.1 Å². The van der Waals surface area contributed by atoms with Crippen LogP contribution < -0.4 is 0 Å². The van der Waals surface area contributed by atoms with Crippen LogP contribution in [0.25, 0.3) is 10.9 Å².